The van der Waals surface area contributed by atoms with E-state index in [0.717, 1.165) is 57.3 Å². The molecular formula is C26H24N6O. The summed E-state index contributed by atoms with van der Waals surface area (Å²) in [5.74, 6) is -0.0251. The van der Waals surface area contributed by atoms with Gasteiger partial charge in [0.2, 0.25) is 0 Å². The van der Waals surface area contributed by atoms with Crippen LogP contribution in [0.5, 0.6) is 0 Å². The molecule has 1 aliphatic heterocycles. The normalized spacial score (nSPS) is 16.2. The van der Waals surface area contributed by atoms with E-state index in [1.165, 1.54) is 0 Å². The second kappa shape index (κ2) is 7.86. The van der Waals surface area contributed by atoms with Crippen molar-refractivity contribution < 1.29 is 4.79 Å². The summed E-state index contributed by atoms with van der Waals surface area (Å²) in [7, 11) is 1.94. The maximum atomic E-state index is 13.1. The Balaban J connectivity index is 1.35. The average Bonchev–Trinajstić information content (AvgIpc) is 3.61. The van der Waals surface area contributed by atoms with Gasteiger partial charge in [-0.05, 0) is 48.9 Å². The van der Waals surface area contributed by atoms with Gasteiger partial charge in [0.1, 0.15) is 5.65 Å². The fraction of sp³-hybridized carbons (Fsp3) is 0.192. The van der Waals surface area contributed by atoms with Crippen molar-refractivity contribution in [3.8, 4) is 22.4 Å². The molecule has 4 heterocycles. The number of carbonyl (C=O) groups excluding carboxylic acids is 1. The summed E-state index contributed by atoms with van der Waals surface area (Å²) in [6, 6.07) is 20.9. The van der Waals surface area contributed by atoms with E-state index in [4.69, 9.17) is 0 Å². The maximum Gasteiger partial charge on any atom is 0.275 e. The molecule has 1 atom stereocenters. The lowest BCUT2D eigenvalue weighted by Gasteiger charge is -2.15. The molecule has 164 valence electrons. The number of pyridine rings is 1. The van der Waals surface area contributed by atoms with Gasteiger partial charge in [-0.15, -0.1) is 0 Å². The molecule has 3 aromatic heterocycles. The number of likely N-dealkylation sites (N-methyl/N-ethyl adjacent to an activating group) is 1. The van der Waals surface area contributed by atoms with Gasteiger partial charge < -0.3 is 15.2 Å². The second-order valence-corrected chi connectivity index (χ2v) is 8.57. The first kappa shape index (κ1) is 19.7. The topological polar surface area (TPSA) is 89.7 Å². The smallest absolute Gasteiger partial charge is 0.275 e. The molecule has 0 bridgehead atoms. The van der Waals surface area contributed by atoms with E-state index in [-0.39, 0.29) is 5.91 Å². The molecule has 1 aliphatic rings. The number of nitrogens with one attached hydrogen (secondary N) is 3. The van der Waals surface area contributed by atoms with Gasteiger partial charge in [0.25, 0.3) is 5.91 Å². The molecule has 7 heteroatoms. The van der Waals surface area contributed by atoms with E-state index in [0.29, 0.717) is 18.3 Å². The molecule has 0 saturated carbocycles. The average molecular weight is 437 g/mol. The lowest BCUT2D eigenvalue weighted by molar-refractivity contribution is 0.0785. The van der Waals surface area contributed by atoms with Gasteiger partial charge in [0.05, 0.1) is 5.52 Å². The van der Waals surface area contributed by atoms with Gasteiger partial charge in [-0.25, -0.2) is 4.98 Å². The Kier molecular flexibility index (Phi) is 4.69. The summed E-state index contributed by atoms with van der Waals surface area (Å²) < 4.78 is 0. The van der Waals surface area contributed by atoms with Crippen LogP contribution in [0.1, 0.15) is 16.9 Å². The van der Waals surface area contributed by atoms with Gasteiger partial charge in [-0.3, -0.25) is 9.89 Å². The number of fused-ring (bicyclic) bond motifs is 2. The van der Waals surface area contributed by atoms with Crippen LogP contribution < -0.4 is 5.32 Å². The number of rotatable bonds is 4. The SMILES string of the molecule is CNC1CCN(C(=O)c2n[nH]c3ccc(-c4cnc5[nH]c(-c6ccccc6)cc5c4)cc23)C1. The number of hydrogen-bond acceptors (Lipinski definition) is 4. The van der Waals surface area contributed by atoms with E-state index in [1.807, 2.05) is 54.5 Å². The highest BCUT2D eigenvalue weighted by atomic mass is 16.2. The largest absolute Gasteiger partial charge is 0.339 e. The first-order valence-corrected chi connectivity index (χ1v) is 11.2. The van der Waals surface area contributed by atoms with Crippen molar-refractivity contribution in [3.05, 3.63) is 72.6 Å². The summed E-state index contributed by atoms with van der Waals surface area (Å²) in [5, 5.41) is 12.5. The van der Waals surface area contributed by atoms with Crippen LogP contribution in [0.3, 0.4) is 0 Å². The van der Waals surface area contributed by atoms with E-state index in [1.54, 1.807) is 0 Å². The Morgan fingerprint density at radius 1 is 1.06 bits per heavy atom. The molecule has 2 aromatic carbocycles. The minimum Gasteiger partial charge on any atom is -0.339 e. The highest BCUT2D eigenvalue weighted by Crippen LogP contribution is 2.30. The minimum atomic E-state index is -0.0251. The zero-order valence-corrected chi connectivity index (χ0v) is 18.3. The predicted octanol–water partition coefficient (Wildman–Crippen LogP) is 4.21. The van der Waals surface area contributed by atoms with Gasteiger partial charge in [-0.2, -0.15) is 5.10 Å². The quantitative estimate of drug-likeness (QED) is 0.394. The van der Waals surface area contributed by atoms with Crippen LogP contribution >= 0.6 is 0 Å². The molecule has 5 aromatic rings. The highest BCUT2D eigenvalue weighted by Gasteiger charge is 2.28. The molecule has 0 radical (unpaired) electrons. The third kappa shape index (κ3) is 3.47. The number of aromatic amines is 2. The number of hydrogen-bond donors (Lipinski definition) is 3. The Hall–Kier alpha value is -3.97. The number of carbonyl (C=O) groups is 1. The van der Waals surface area contributed by atoms with Crippen LogP contribution in [0.4, 0.5) is 0 Å². The molecule has 6 rings (SSSR count). The van der Waals surface area contributed by atoms with Crippen LogP contribution in [0.15, 0.2) is 66.9 Å². The minimum absolute atomic E-state index is 0.0251. The summed E-state index contributed by atoms with van der Waals surface area (Å²) in [4.78, 5) is 23.1. The second-order valence-electron chi connectivity index (χ2n) is 8.57. The van der Waals surface area contributed by atoms with E-state index in [9.17, 15) is 4.79 Å². The van der Waals surface area contributed by atoms with Gasteiger partial charge in [-0.1, -0.05) is 36.4 Å². The number of nitrogens with zero attached hydrogens (tertiary/aromatic N) is 3. The van der Waals surface area contributed by atoms with Gasteiger partial charge in [0.15, 0.2) is 5.69 Å². The first-order valence-electron chi connectivity index (χ1n) is 11.2. The number of H-pyrrole nitrogens is 2. The molecule has 1 fully saturated rings. The number of benzene rings is 2. The van der Waals surface area contributed by atoms with Crippen LogP contribution in [0, 0.1) is 0 Å². The van der Waals surface area contributed by atoms with Crippen molar-refractivity contribution in [2.45, 2.75) is 12.5 Å². The molecule has 1 unspecified atom stereocenters. The third-order valence-corrected chi connectivity index (χ3v) is 6.54. The van der Waals surface area contributed by atoms with Crippen molar-refractivity contribution in [3.63, 3.8) is 0 Å². The predicted molar refractivity (Wildman–Crippen MR) is 130 cm³/mol. The van der Waals surface area contributed by atoms with Crippen molar-refractivity contribution in [2.75, 3.05) is 20.1 Å². The number of amides is 1. The van der Waals surface area contributed by atoms with Crippen molar-refractivity contribution in [2.24, 2.45) is 0 Å². The summed E-state index contributed by atoms with van der Waals surface area (Å²) >= 11 is 0. The van der Waals surface area contributed by atoms with E-state index < -0.39 is 0 Å². The molecular weight excluding hydrogens is 412 g/mol. The standard InChI is InChI=1S/C26H24N6O/c1-27-20-9-10-32(15-20)26(33)24-21-12-17(7-8-22(21)30-31-24)19-11-18-13-23(29-25(18)28-14-19)16-5-3-2-4-6-16/h2-8,11-14,20,27H,9-10,15H2,1H3,(H,28,29)(H,30,31). The zero-order chi connectivity index (χ0) is 22.4. The van der Waals surface area contributed by atoms with Crippen LogP contribution in [0.25, 0.3) is 44.3 Å². The van der Waals surface area contributed by atoms with E-state index in [2.05, 4.69) is 49.7 Å². The Morgan fingerprint density at radius 3 is 2.76 bits per heavy atom. The molecule has 1 saturated heterocycles. The summed E-state index contributed by atoms with van der Waals surface area (Å²) in [6.07, 6.45) is 2.83. The Bertz CT molecular complexity index is 1470. The van der Waals surface area contributed by atoms with Crippen molar-refractivity contribution in [1.82, 2.24) is 30.4 Å². The highest BCUT2D eigenvalue weighted by molar-refractivity contribution is 6.06. The van der Waals surface area contributed by atoms with Crippen molar-refractivity contribution >= 4 is 27.8 Å². The monoisotopic (exact) mass is 436 g/mol. The lowest BCUT2D eigenvalue weighted by atomic mass is 10.0. The molecule has 0 aliphatic carbocycles. The van der Waals surface area contributed by atoms with Gasteiger partial charge >= 0.3 is 0 Å². The summed E-state index contributed by atoms with van der Waals surface area (Å²) in [5.41, 5.74) is 6.36. The van der Waals surface area contributed by atoms with Crippen LogP contribution in [0.2, 0.25) is 0 Å². The maximum absolute atomic E-state index is 13.1. The van der Waals surface area contributed by atoms with Crippen LogP contribution in [-0.2, 0) is 0 Å². The molecule has 3 N–H and O–H groups in total. The van der Waals surface area contributed by atoms with Crippen LogP contribution in [-0.4, -0.2) is 57.2 Å². The lowest BCUT2D eigenvalue weighted by Crippen LogP contribution is -2.33. The summed E-state index contributed by atoms with van der Waals surface area (Å²) in [6.45, 7) is 1.46. The molecule has 0 spiro atoms. The van der Waals surface area contributed by atoms with Crippen molar-refractivity contribution in [1.29, 1.82) is 0 Å². The number of likely N-dealkylation sites (tertiary alicyclic amines) is 1. The number of aromatic nitrogens is 4. The van der Waals surface area contributed by atoms with Gasteiger partial charge in [0, 0.05) is 47.4 Å². The van der Waals surface area contributed by atoms with E-state index >= 15 is 0 Å². The first-order chi connectivity index (χ1) is 16.2. The Morgan fingerprint density at radius 2 is 1.94 bits per heavy atom. The fourth-order valence-corrected chi connectivity index (χ4v) is 4.63. The molecule has 1 amide bonds. The zero-order valence-electron chi connectivity index (χ0n) is 18.3. The third-order valence-electron chi connectivity index (χ3n) is 6.54. The fourth-order valence-electron chi connectivity index (χ4n) is 4.63. The Labute approximate surface area is 190 Å². The molecule has 7 nitrogen and oxygen atoms in total. The molecule has 33 heavy (non-hydrogen) atoms.